The number of anilines is 1. The standard InChI is InChI=1S/C18H21ClN6/c1-18(11-20)5-7-25(8-6-18)14-10-21-16-15(23-24-17(16)22-14)12-3-2-4-13(19)9-12/h2-4,9-10H,5-8,11,20H2,1H3,(H,22,23,24). The molecule has 0 bridgehead atoms. The molecule has 3 heterocycles. The van der Waals surface area contributed by atoms with Crippen LogP contribution in [0.25, 0.3) is 22.4 Å². The van der Waals surface area contributed by atoms with E-state index in [-0.39, 0.29) is 5.41 Å². The van der Waals surface area contributed by atoms with Crippen molar-refractivity contribution in [2.45, 2.75) is 19.8 Å². The average molecular weight is 357 g/mol. The van der Waals surface area contributed by atoms with Gasteiger partial charge in [0.05, 0.1) is 11.9 Å². The Morgan fingerprint density at radius 3 is 2.84 bits per heavy atom. The second-order valence-electron chi connectivity index (χ2n) is 7.01. The molecule has 130 valence electrons. The quantitative estimate of drug-likeness (QED) is 0.752. The summed E-state index contributed by atoms with van der Waals surface area (Å²) in [6.45, 7) is 4.87. The molecular weight excluding hydrogens is 336 g/mol. The topological polar surface area (TPSA) is 83.7 Å². The molecule has 0 atom stereocenters. The number of rotatable bonds is 3. The van der Waals surface area contributed by atoms with Gasteiger partial charge in [-0.1, -0.05) is 30.7 Å². The lowest BCUT2D eigenvalue weighted by molar-refractivity contribution is 0.258. The van der Waals surface area contributed by atoms with Crippen molar-refractivity contribution in [2.24, 2.45) is 11.1 Å². The molecule has 0 spiro atoms. The van der Waals surface area contributed by atoms with Gasteiger partial charge in [-0.05, 0) is 36.9 Å². The van der Waals surface area contributed by atoms with E-state index < -0.39 is 0 Å². The molecule has 3 aromatic rings. The number of aromatic nitrogens is 4. The Hall–Kier alpha value is -2.18. The number of piperidine rings is 1. The molecule has 2 aromatic heterocycles. The van der Waals surface area contributed by atoms with Crippen LogP contribution in [-0.2, 0) is 0 Å². The second kappa shape index (κ2) is 6.28. The Kier molecular flexibility index (Phi) is 4.09. The van der Waals surface area contributed by atoms with Crippen LogP contribution in [0.1, 0.15) is 19.8 Å². The van der Waals surface area contributed by atoms with Gasteiger partial charge in [0.1, 0.15) is 11.3 Å². The van der Waals surface area contributed by atoms with Gasteiger partial charge >= 0.3 is 0 Å². The van der Waals surface area contributed by atoms with Gasteiger partial charge in [0.25, 0.3) is 0 Å². The monoisotopic (exact) mass is 356 g/mol. The first-order valence-electron chi connectivity index (χ1n) is 8.50. The Bertz CT molecular complexity index is 897. The van der Waals surface area contributed by atoms with Crippen LogP contribution in [0.5, 0.6) is 0 Å². The summed E-state index contributed by atoms with van der Waals surface area (Å²) in [4.78, 5) is 11.6. The molecule has 0 aliphatic carbocycles. The summed E-state index contributed by atoms with van der Waals surface area (Å²) in [5.74, 6) is 0.871. The molecule has 0 radical (unpaired) electrons. The largest absolute Gasteiger partial charge is 0.355 e. The van der Waals surface area contributed by atoms with Gasteiger partial charge in [0.2, 0.25) is 5.65 Å². The van der Waals surface area contributed by atoms with E-state index in [4.69, 9.17) is 22.3 Å². The number of benzene rings is 1. The Morgan fingerprint density at radius 2 is 2.12 bits per heavy atom. The summed E-state index contributed by atoms with van der Waals surface area (Å²) in [5, 5.41) is 8.06. The predicted molar refractivity (Wildman–Crippen MR) is 101 cm³/mol. The van der Waals surface area contributed by atoms with Crippen molar-refractivity contribution >= 4 is 28.6 Å². The fourth-order valence-electron chi connectivity index (χ4n) is 3.26. The van der Waals surface area contributed by atoms with Crippen molar-refractivity contribution in [1.29, 1.82) is 0 Å². The van der Waals surface area contributed by atoms with Crippen molar-refractivity contribution in [3.63, 3.8) is 0 Å². The number of fused-ring (bicyclic) bond motifs is 1. The van der Waals surface area contributed by atoms with E-state index in [0.29, 0.717) is 10.7 Å². The highest BCUT2D eigenvalue weighted by atomic mass is 35.5. The fourth-order valence-corrected chi connectivity index (χ4v) is 3.45. The molecule has 25 heavy (non-hydrogen) atoms. The maximum Gasteiger partial charge on any atom is 0.202 e. The fraction of sp³-hybridized carbons (Fsp3) is 0.389. The lowest BCUT2D eigenvalue weighted by atomic mass is 9.80. The van der Waals surface area contributed by atoms with E-state index in [1.165, 1.54) is 0 Å². The number of aromatic amines is 1. The Morgan fingerprint density at radius 1 is 1.32 bits per heavy atom. The molecular formula is C18H21ClN6. The number of nitrogens with two attached hydrogens (primary N) is 1. The van der Waals surface area contributed by atoms with Crippen molar-refractivity contribution in [1.82, 2.24) is 20.2 Å². The SMILES string of the molecule is CC1(CN)CCN(c2cnc3c(-c4cccc(Cl)c4)[nH]nc3n2)CC1. The highest BCUT2D eigenvalue weighted by molar-refractivity contribution is 6.30. The van der Waals surface area contributed by atoms with Gasteiger partial charge in [-0.25, -0.2) is 9.97 Å². The van der Waals surface area contributed by atoms with Crippen LogP contribution in [0, 0.1) is 5.41 Å². The number of H-pyrrole nitrogens is 1. The van der Waals surface area contributed by atoms with Crippen LogP contribution in [0.15, 0.2) is 30.5 Å². The van der Waals surface area contributed by atoms with Gasteiger partial charge < -0.3 is 10.6 Å². The van der Waals surface area contributed by atoms with Crippen LogP contribution < -0.4 is 10.6 Å². The van der Waals surface area contributed by atoms with Gasteiger partial charge in [-0.15, -0.1) is 0 Å². The number of nitrogens with zero attached hydrogens (tertiary/aromatic N) is 4. The summed E-state index contributed by atoms with van der Waals surface area (Å²) in [6.07, 6.45) is 3.96. The van der Waals surface area contributed by atoms with Gasteiger partial charge in [-0.3, -0.25) is 5.10 Å². The smallest absolute Gasteiger partial charge is 0.202 e. The van der Waals surface area contributed by atoms with Crippen LogP contribution >= 0.6 is 11.6 Å². The highest BCUT2D eigenvalue weighted by Gasteiger charge is 2.29. The minimum Gasteiger partial charge on any atom is -0.355 e. The Labute approximate surface area is 151 Å². The molecule has 0 unspecified atom stereocenters. The van der Waals surface area contributed by atoms with E-state index in [2.05, 4.69) is 27.0 Å². The maximum absolute atomic E-state index is 6.09. The Balaban J connectivity index is 1.62. The lowest BCUT2D eigenvalue weighted by Crippen LogP contribution is -2.42. The van der Waals surface area contributed by atoms with Crippen LogP contribution in [0.2, 0.25) is 5.02 Å². The molecule has 0 saturated carbocycles. The van der Waals surface area contributed by atoms with Crippen molar-refractivity contribution in [3.05, 3.63) is 35.5 Å². The van der Waals surface area contributed by atoms with E-state index >= 15 is 0 Å². The first-order valence-corrected chi connectivity index (χ1v) is 8.88. The van der Waals surface area contributed by atoms with Crippen LogP contribution in [0.3, 0.4) is 0 Å². The molecule has 1 aliphatic heterocycles. The van der Waals surface area contributed by atoms with Crippen LogP contribution in [-0.4, -0.2) is 39.8 Å². The normalized spacial score (nSPS) is 17.2. The zero-order valence-electron chi connectivity index (χ0n) is 14.2. The molecule has 1 fully saturated rings. The zero-order valence-corrected chi connectivity index (χ0v) is 14.9. The molecule has 0 amide bonds. The lowest BCUT2D eigenvalue weighted by Gasteiger charge is -2.39. The van der Waals surface area contributed by atoms with Gasteiger partial charge in [-0.2, -0.15) is 5.10 Å². The molecule has 1 aliphatic rings. The van der Waals surface area contributed by atoms with Gasteiger partial charge in [0, 0.05) is 23.7 Å². The average Bonchev–Trinajstić information content (AvgIpc) is 3.05. The third-order valence-electron chi connectivity index (χ3n) is 5.15. The number of halogens is 1. The first kappa shape index (κ1) is 16.3. The molecule has 1 saturated heterocycles. The summed E-state index contributed by atoms with van der Waals surface area (Å²) in [7, 11) is 0. The minimum atomic E-state index is 0.236. The molecule has 3 N–H and O–H groups in total. The second-order valence-corrected chi connectivity index (χ2v) is 7.45. The molecule has 6 nitrogen and oxygen atoms in total. The third kappa shape index (κ3) is 3.07. The summed E-state index contributed by atoms with van der Waals surface area (Å²) < 4.78 is 0. The maximum atomic E-state index is 6.09. The van der Waals surface area contributed by atoms with E-state index in [0.717, 1.165) is 55.1 Å². The summed E-state index contributed by atoms with van der Waals surface area (Å²) in [6, 6.07) is 7.63. The minimum absolute atomic E-state index is 0.236. The number of hydrogen-bond donors (Lipinski definition) is 2. The number of hydrogen-bond acceptors (Lipinski definition) is 5. The summed E-state index contributed by atoms with van der Waals surface area (Å²) in [5.41, 5.74) is 9.31. The highest BCUT2D eigenvalue weighted by Crippen LogP contribution is 2.32. The third-order valence-corrected chi connectivity index (χ3v) is 5.39. The van der Waals surface area contributed by atoms with Gasteiger partial charge in [0.15, 0.2) is 0 Å². The van der Waals surface area contributed by atoms with E-state index in [1.807, 2.05) is 30.5 Å². The molecule has 7 heteroatoms. The van der Waals surface area contributed by atoms with Crippen LogP contribution in [0.4, 0.5) is 5.82 Å². The molecule has 4 rings (SSSR count). The zero-order chi connectivity index (χ0) is 17.4. The summed E-state index contributed by atoms with van der Waals surface area (Å²) >= 11 is 6.09. The van der Waals surface area contributed by atoms with E-state index in [1.54, 1.807) is 0 Å². The van der Waals surface area contributed by atoms with Crippen molar-refractivity contribution in [2.75, 3.05) is 24.5 Å². The number of nitrogens with one attached hydrogen (secondary N) is 1. The predicted octanol–water partition coefficient (Wildman–Crippen LogP) is 3.24. The van der Waals surface area contributed by atoms with Crippen molar-refractivity contribution < 1.29 is 0 Å². The van der Waals surface area contributed by atoms with E-state index in [9.17, 15) is 0 Å². The first-order chi connectivity index (χ1) is 12.1. The molecule has 1 aromatic carbocycles. The van der Waals surface area contributed by atoms with Crippen molar-refractivity contribution in [3.8, 4) is 11.3 Å².